The fraction of sp³-hybridized carbons (Fsp3) is 0.261. The number of benzene rings is 2. The maximum absolute atomic E-state index is 6.06. The molecule has 1 aliphatic rings. The topological polar surface area (TPSA) is 72.6 Å². The van der Waals surface area contributed by atoms with Gasteiger partial charge in [-0.15, -0.1) is 0 Å². The van der Waals surface area contributed by atoms with Crippen LogP contribution in [0.1, 0.15) is 5.56 Å². The predicted octanol–water partition coefficient (Wildman–Crippen LogP) is 3.65. The quantitative estimate of drug-likeness (QED) is 0.669. The van der Waals surface area contributed by atoms with Gasteiger partial charge in [-0.05, 0) is 56.1 Å². The van der Waals surface area contributed by atoms with Gasteiger partial charge in [0.05, 0.1) is 5.69 Å². The first-order valence-electron chi connectivity index (χ1n) is 9.72. The van der Waals surface area contributed by atoms with E-state index in [4.69, 9.17) is 15.2 Å². The molecule has 4 rings (SSSR count). The second kappa shape index (κ2) is 8.51. The number of aromatic nitrogens is 1. The Bertz CT molecular complexity index is 990. The van der Waals surface area contributed by atoms with Gasteiger partial charge < -0.3 is 25.4 Å². The summed E-state index contributed by atoms with van der Waals surface area (Å²) in [5, 5.41) is 3.48. The van der Waals surface area contributed by atoms with Crippen LogP contribution in [-0.2, 0) is 6.54 Å². The van der Waals surface area contributed by atoms with Gasteiger partial charge in [0.15, 0.2) is 11.5 Å². The SMILES string of the molecule is CN(C)Cc1cccc(Nc2ccnc(-c3cccc4c3OC(CN)CO4)c2)c1. The van der Waals surface area contributed by atoms with E-state index in [0.717, 1.165) is 34.9 Å². The summed E-state index contributed by atoms with van der Waals surface area (Å²) in [5.41, 5.74) is 10.7. The maximum atomic E-state index is 6.06. The van der Waals surface area contributed by atoms with Crippen molar-refractivity contribution in [2.24, 2.45) is 5.73 Å². The van der Waals surface area contributed by atoms with Crippen LogP contribution in [0.4, 0.5) is 11.4 Å². The largest absolute Gasteiger partial charge is 0.486 e. The van der Waals surface area contributed by atoms with E-state index in [-0.39, 0.29) is 6.10 Å². The van der Waals surface area contributed by atoms with Crippen LogP contribution < -0.4 is 20.5 Å². The number of nitrogens with zero attached hydrogens (tertiary/aromatic N) is 2. The number of pyridine rings is 1. The van der Waals surface area contributed by atoms with Crippen LogP contribution in [0.25, 0.3) is 11.3 Å². The standard InChI is InChI=1S/C23H26N4O2/c1-27(2)14-16-5-3-6-17(11-16)26-18-9-10-25-21(12-18)20-7-4-8-22-23(20)29-19(13-24)15-28-22/h3-12,19H,13-15,24H2,1-2H3,(H,25,26). The third-order valence-electron chi connectivity index (χ3n) is 4.70. The van der Waals surface area contributed by atoms with Crippen molar-refractivity contribution in [1.82, 2.24) is 9.88 Å². The number of hydrogen-bond acceptors (Lipinski definition) is 6. The number of ether oxygens (including phenoxy) is 2. The molecule has 0 saturated carbocycles. The smallest absolute Gasteiger partial charge is 0.171 e. The summed E-state index contributed by atoms with van der Waals surface area (Å²) in [6.07, 6.45) is 1.65. The van der Waals surface area contributed by atoms with Gasteiger partial charge in [0, 0.05) is 36.2 Å². The molecular formula is C23H26N4O2. The Morgan fingerprint density at radius 2 is 1.93 bits per heavy atom. The zero-order valence-corrected chi connectivity index (χ0v) is 16.8. The van der Waals surface area contributed by atoms with Crippen molar-refractivity contribution in [3.05, 3.63) is 66.4 Å². The number of para-hydroxylation sites is 1. The normalized spacial score (nSPS) is 15.4. The lowest BCUT2D eigenvalue weighted by molar-refractivity contribution is 0.0976. The molecule has 1 atom stereocenters. The van der Waals surface area contributed by atoms with Crippen LogP contribution in [0.3, 0.4) is 0 Å². The number of fused-ring (bicyclic) bond motifs is 1. The Labute approximate surface area is 171 Å². The molecule has 150 valence electrons. The molecule has 0 saturated heterocycles. The van der Waals surface area contributed by atoms with Gasteiger partial charge in [-0.1, -0.05) is 18.2 Å². The Morgan fingerprint density at radius 3 is 2.76 bits per heavy atom. The molecule has 0 amide bonds. The number of hydrogen-bond donors (Lipinski definition) is 2. The second-order valence-electron chi connectivity index (χ2n) is 7.41. The number of anilines is 2. The fourth-order valence-corrected chi connectivity index (χ4v) is 3.39. The van der Waals surface area contributed by atoms with Crippen molar-refractivity contribution in [1.29, 1.82) is 0 Å². The lowest BCUT2D eigenvalue weighted by atomic mass is 10.1. The number of nitrogens with one attached hydrogen (secondary N) is 1. The zero-order valence-electron chi connectivity index (χ0n) is 16.8. The van der Waals surface area contributed by atoms with Crippen LogP contribution in [-0.4, -0.2) is 43.2 Å². The molecule has 29 heavy (non-hydrogen) atoms. The Balaban J connectivity index is 1.61. The van der Waals surface area contributed by atoms with E-state index in [0.29, 0.717) is 18.9 Å². The summed E-state index contributed by atoms with van der Waals surface area (Å²) in [5.74, 6) is 1.43. The van der Waals surface area contributed by atoms with Gasteiger partial charge in [-0.2, -0.15) is 0 Å². The molecule has 0 fully saturated rings. The summed E-state index contributed by atoms with van der Waals surface area (Å²) in [7, 11) is 4.13. The van der Waals surface area contributed by atoms with Gasteiger partial charge in [0.2, 0.25) is 0 Å². The first kappa shape index (κ1) is 19.2. The van der Waals surface area contributed by atoms with Gasteiger partial charge in [-0.25, -0.2) is 0 Å². The highest BCUT2D eigenvalue weighted by molar-refractivity contribution is 5.74. The lowest BCUT2D eigenvalue weighted by Gasteiger charge is -2.27. The minimum Gasteiger partial charge on any atom is -0.486 e. The van der Waals surface area contributed by atoms with E-state index in [2.05, 4.69) is 53.6 Å². The van der Waals surface area contributed by atoms with Gasteiger partial charge in [-0.3, -0.25) is 4.98 Å². The third-order valence-corrected chi connectivity index (χ3v) is 4.70. The van der Waals surface area contributed by atoms with Crippen LogP contribution in [0, 0.1) is 0 Å². The van der Waals surface area contributed by atoms with E-state index in [1.165, 1.54) is 5.56 Å². The Morgan fingerprint density at radius 1 is 1.10 bits per heavy atom. The molecule has 6 nitrogen and oxygen atoms in total. The van der Waals surface area contributed by atoms with E-state index < -0.39 is 0 Å². The molecule has 1 aromatic heterocycles. The van der Waals surface area contributed by atoms with Crippen molar-refractivity contribution in [2.45, 2.75) is 12.6 Å². The minimum atomic E-state index is -0.149. The zero-order chi connectivity index (χ0) is 20.2. The lowest BCUT2D eigenvalue weighted by Crippen LogP contribution is -2.35. The summed E-state index contributed by atoms with van der Waals surface area (Å²) in [4.78, 5) is 6.71. The van der Waals surface area contributed by atoms with Gasteiger partial charge in [0.25, 0.3) is 0 Å². The van der Waals surface area contributed by atoms with Gasteiger partial charge >= 0.3 is 0 Å². The highest BCUT2D eigenvalue weighted by Gasteiger charge is 2.23. The first-order valence-corrected chi connectivity index (χ1v) is 9.72. The molecule has 1 aliphatic heterocycles. The molecule has 2 heterocycles. The molecule has 0 aliphatic carbocycles. The molecule has 0 spiro atoms. The van der Waals surface area contributed by atoms with E-state index >= 15 is 0 Å². The minimum absolute atomic E-state index is 0.149. The van der Waals surface area contributed by atoms with Crippen molar-refractivity contribution < 1.29 is 9.47 Å². The predicted molar refractivity (Wildman–Crippen MR) is 116 cm³/mol. The fourth-order valence-electron chi connectivity index (χ4n) is 3.39. The molecule has 6 heteroatoms. The van der Waals surface area contributed by atoms with Crippen molar-refractivity contribution in [3.8, 4) is 22.8 Å². The third kappa shape index (κ3) is 4.50. The molecule has 2 aromatic carbocycles. The maximum Gasteiger partial charge on any atom is 0.171 e. The second-order valence-corrected chi connectivity index (χ2v) is 7.41. The van der Waals surface area contributed by atoms with Crippen molar-refractivity contribution in [2.75, 3.05) is 32.6 Å². The summed E-state index contributed by atoms with van der Waals surface area (Å²) in [6.45, 7) is 1.77. The van der Waals surface area contributed by atoms with Gasteiger partial charge in [0.1, 0.15) is 12.7 Å². The molecule has 3 N–H and O–H groups in total. The number of rotatable bonds is 6. The average Bonchev–Trinajstić information content (AvgIpc) is 2.73. The van der Waals surface area contributed by atoms with E-state index in [9.17, 15) is 0 Å². The monoisotopic (exact) mass is 390 g/mol. The van der Waals surface area contributed by atoms with E-state index in [1.54, 1.807) is 6.20 Å². The highest BCUT2D eigenvalue weighted by atomic mass is 16.6. The van der Waals surface area contributed by atoms with Crippen molar-refractivity contribution >= 4 is 11.4 Å². The molecule has 3 aromatic rings. The highest BCUT2D eigenvalue weighted by Crippen LogP contribution is 2.40. The molecule has 0 radical (unpaired) electrons. The summed E-state index contributed by atoms with van der Waals surface area (Å²) < 4.78 is 11.9. The Hall–Kier alpha value is -3.09. The Kier molecular flexibility index (Phi) is 5.64. The van der Waals surface area contributed by atoms with Crippen LogP contribution in [0.5, 0.6) is 11.5 Å². The van der Waals surface area contributed by atoms with Crippen LogP contribution in [0.15, 0.2) is 60.8 Å². The summed E-state index contributed by atoms with van der Waals surface area (Å²) >= 11 is 0. The molecular weight excluding hydrogens is 364 g/mol. The van der Waals surface area contributed by atoms with E-state index in [1.807, 2.05) is 30.3 Å². The van der Waals surface area contributed by atoms with Crippen LogP contribution in [0.2, 0.25) is 0 Å². The molecule has 0 bridgehead atoms. The first-order chi connectivity index (χ1) is 14.1. The molecule has 1 unspecified atom stereocenters. The summed E-state index contributed by atoms with van der Waals surface area (Å²) in [6, 6.07) is 18.2. The van der Waals surface area contributed by atoms with Crippen LogP contribution >= 0.6 is 0 Å². The number of nitrogens with two attached hydrogens (primary N) is 1. The average molecular weight is 390 g/mol. The van der Waals surface area contributed by atoms with Crippen molar-refractivity contribution in [3.63, 3.8) is 0 Å².